The first kappa shape index (κ1) is 12.0. The molecule has 0 radical (unpaired) electrons. The van der Waals surface area contributed by atoms with Crippen molar-refractivity contribution >= 4 is 0 Å². The molecule has 0 aliphatic carbocycles. The molecular weight excluding hydrogens is 248 g/mol. The van der Waals surface area contributed by atoms with E-state index in [0.717, 1.165) is 19.6 Å². The van der Waals surface area contributed by atoms with Crippen LogP contribution in [0.15, 0.2) is 22.7 Å². The molecule has 2 N–H and O–H groups in total. The van der Waals surface area contributed by atoms with Crippen molar-refractivity contribution in [2.75, 3.05) is 13.2 Å². The Bertz CT molecular complexity index is 556. The van der Waals surface area contributed by atoms with Crippen LogP contribution in [0.25, 0.3) is 11.5 Å². The lowest BCUT2D eigenvalue weighted by Crippen LogP contribution is -2.04. The molecule has 0 saturated carbocycles. The zero-order valence-corrected chi connectivity index (χ0v) is 10.2. The zero-order chi connectivity index (χ0) is 13.2. The van der Waals surface area contributed by atoms with Crippen molar-refractivity contribution in [3.63, 3.8) is 0 Å². The lowest BCUT2D eigenvalue weighted by molar-refractivity contribution is 0.185. The first-order chi connectivity index (χ1) is 9.20. The average Bonchev–Trinajstić information content (AvgIpc) is 2.99. The van der Waals surface area contributed by atoms with Gasteiger partial charge in [-0.2, -0.15) is 4.98 Å². The van der Waals surface area contributed by atoms with Crippen molar-refractivity contribution in [2.24, 2.45) is 5.92 Å². The molecule has 0 amide bonds. The molecule has 1 fully saturated rings. The van der Waals surface area contributed by atoms with Gasteiger partial charge in [-0.15, -0.1) is 0 Å². The maximum absolute atomic E-state index is 9.43. The molecule has 2 heterocycles. The smallest absolute Gasteiger partial charge is 0.258 e. The molecule has 1 aromatic carbocycles. The molecule has 1 atom stereocenters. The van der Waals surface area contributed by atoms with Gasteiger partial charge in [0.1, 0.15) is 11.5 Å². The highest BCUT2D eigenvalue weighted by atomic mass is 16.5. The average molecular weight is 262 g/mol. The third-order valence-corrected chi connectivity index (χ3v) is 3.11. The van der Waals surface area contributed by atoms with Crippen LogP contribution in [-0.2, 0) is 11.2 Å². The summed E-state index contributed by atoms with van der Waals surface area (Å²) in [5.74, 6) is 1.26. The first-order valence-electron chi connectivity index (χ1n) is 6.14. The quantitative estimate of drug-likeness (QED) is 0.875. The van der Waals surface area contributed by atoms with E-state index in [1.165, 1.54) is 18.2 Å². The van der Waals surface area contributed by atoms with Crippen LogP contribution < -0.4 is 0 Å². The molecular formula is C13H14N2O4. The minimum Gasteiger partial charge on any atom is -0.508 e. The second-order valence-electron chi connectivity index (χ2n) is 4.69. The van der Waals surface area contributed by atoms with E-state index in [-0.39, 0.29) is 11.5 Å². The summed E-state index contributed by atoms with van der Waals surface area (Å²) < 4.78 is 10.4. The van der Waals surface area contributed by atoms with Crippen LogP contribution in [0.2, 0.25) is 0 Å². The third kappa shape index (κ3) is 2.68. The fourth-order valence-corrected chi connectivity index (χ4v) is 2.18. The van der Waals surface area contributed by atoms with Crippen molar-refractivity contribution in [3.05, 3.63) is 24.0 Å². The summed E-state index contributed by atoms with van der Waals surface area (Å²) in [6, 6.07) is 4.18. The van der Waals surface area contributed by atoms with Gasteiger partial charge in [-0.25, -0.2) is 0 Å². The number of hydrogen-bond acceptors (Lipinski definition) is 6. The predicted molar refractivity (Wildman–Crippen MR) is 65.7 cm³/mol. The van der Waals surface area contributed by atoms with Crippen molar-refractivity contribution in [2.45, 2.75) is 12.8 Å². The molecule has 0 bridgehead atoms. The van der Waals surface area contributed by atoms with Crippen LogP contribution in [-0.4, -0.2) is 33.6 Å². The van der Waals surface area contributed by atoms with Crippen LogP contribution in [0, 0.1) is 5.92 Å². The highest BCUT2D eigenvalue weighted by molar-refractivity contribution is 5.58. The number of phenolic OH excluding ortho intramolecular Hbond substituents is 2. The Morgan fingerprint density at radius 1 is 1.21 bits per heavy atom. The van der Waals surface area contributed by atoms with Crippen molar-refractivity contribution in [1.29, 1.82) is 0 Å². The fourth-order valence-electron chi connectivity index (χ4n) is 2.18. The standard InChI is InChI=1S/C13H14N2O4/c16-10-4-9(5-11(17)6-10)13-14-12(15-19-13)3-8-1-2-18-7-8/h4-6,8,16-17H,1-3,7H2. The fraction of sp³-hybridized carbons (Fsp3) is 0.385. The second-order valence-corrected chi connectivity index (χ2v) is 4.69. The number of aromatic nitrogens is 2. The van der Waals surface area contributed by atoms with E-state index in [9.17, 15) is 10.2 Å². The number of phenols is 2. The lowest BCUT2D eigenvalue weighted by Gasteiger charge is -2.01. The Morgan fingerprint density at radius 3 is 2.68 bits per heavy atom. The Kier molecular flexibility index (Phi) is 3.08. The summed E-state index contributed by atoms with van der Waals surface area (Å²) >= 11 is 0. The number of rotatable bonds is 3. The van der Waals surface area contributed by atoms with Gasteiger partial charge in [0.25, 0.3) is 5.89 Å². The molecule has 1 unspecified atom stereocenters. The molecule has 3 rings (SSSR count). The molecule has 1 aliphatic rings. The monoisotopic (exact) mass is 262 g/mol. The molecule has 1 aromatic heterocycles. The molecule has 6 heteroatoms. The van der Waals surface area contributed by atoms with E-state index in [2.05, 4.69) is 10.1 Å². The molecule has 100 valence electrons. The maximum Gasteiger partial charge on any atom is 0.258 e. The van der Waals surface area contributed by atoms with E-state index in [4.69, 9.17) is 9.26 Å². The molecule has 6 nitrogen and oxygen atoms in total. The highest BCUT2D eigenvalue weighted by Crippen LogP contribution is 2.28. The zero-order valence-electron chi connectivity index (χ0n) is 10.2. The Hall–Kier alpha value is -2.08. The van der Waals surface area contributed by atoms with Crippen molar-refractivity contribution in [3.8, 4) is 23.0 Å². The molecule has 19 heavy (non-hydrogen) atoms. The van der Waals surface area contributed by atoms with E-state index >= 15 is 0 Å². The molecule has 2 aromatic rings. The van der Waals surface area contributed by atoms with Gasteiger partial charge in [0.05, 0.1) is 0 Å². The summed E-state index contributed by atoms with van der Waals surface area (Å²) in [7, 11) is 0. The van der Waals surface area contributed by atoms with Crippen LogP contribution in [0.3, 0.4) is 0 Å². The highest BCUT2D eigenvalue weighted by Gasteiger charge is 2.19. The van der Waals surface area contributed by atoms with Gasteiger partial charge >= 0.3 is 0 Å². The first-order valence-corrected chi connectivity index (χ1v) is 6.14. The minimum atomic E-state index is -0.0426. The van der Waals surface area contributed by atoms with Crippen molar-refractivity contribution < 1.29 is 19.5 Å². The van der Waals surface area contributed by atoms with Gasteiger partial charge < -0.3 is 19.5 Å². The van der Waals surface area contributed by atoms with E-state index in [0.29, 0.717) is 29.6 Å². The minimum absolute atomic E-state index is 0.0426. The summed E-state index contributed by atoms with van der Waals surface area (Å²) in [6.07, 6.45) is 1.73. The van der Waals surface area contributed by atoms with Gasteiger partial charge in [-0.3, -0.25) is 0 Å². The normalized spacial score (nSPS) is 18.8. The van der Waals surface area contributed by atoms with Crippen molar-refractivity contribution in [1.82, 2.24) is 10.1 Å². The Balaban J connectivity index is 1.79. The van der Waals surface area contributed by atoms with Gasteiger partial charge in [0.15, 0.2) is 5.82 Å². The molecule has 0 spiro atoms. The van der Waals surface area contributed by atoms with Gasteiger partial charge in [0, 0.05) is 31.3 Å². The van der Waals surface area contributed by atoms with E-state index < -0.39 is 0 Å². The maximum atomic E-state index is 9.43. The van der Waals surface area contributed by atoms with Gasteiger partial charge in [-0.05, 0) is 24.5 Å². The SMILES string of the molecule is Oc1cc(O)cc(-c2nc(CC3CCOC3)no2)c1. The number of nitrogens with zero attached hydrogens (tertiary/aromatic N) is 2. The number of benzene rings is 1. The molecule has 1 saturated heterocycles. The molecule has 1 aliphatic heterocycles. The van der Waals surface area contributed by atoms with Gasteiger partial charge in [-0.1, -0.05) is 5.16 Å². The van der Waals surface area contributed by atoms with Crippen LogP contribution >= 0.6 is 0 Å². The largest absolute Gasteiger partial charge is 0.508 e. The Morgan fingerprint density at radius 2 is 2.00 bits per heavy atom. The van der Waals surface area contributed by atoms with E-state index in [1.54, 1.807) is 0 Å². The number of ether oxygens (including phenoxy) is 1. The number of hydrogen-bond donors (Lipinski definition) is 2. The topological polar surface area (TPSA) is 88.6 Å². The summed E-state index contributed by atoms with van der Waals surface area (Å²) in [5, 5.41) is 22.8. The second kappa shape index (κ2) is 4.89. The summed E-state index contributed by atoms with van der Waals surface area (Å²) in [4.78, 5) is 4.27. The summed E-state index contributed by atoms with van der Waals surface area (Å²) in [5.41, 5.74) is 0.499. The third-order valence-electron chi connectivity index (χ3n) is 3.11. The predicted octanol–water partition coefficient (Wildman–Crippen LogP) is 1.73. The number of aromatic hydroxyl groups is 2. The lowest BCUT2D eigenvalue weighted by atomic mass is 10.1. The van der Waals surface area contributed by atoms with Crippen LogP contribution in [0.1, 0.15) is 12.2 Å². The van der Waals surface area contributed by atoms with Crippen LogP contribution in [0.4, 0.5) is 0 Å². The van der Waals surface area contributed by atoms with Crippen LogP contribution in [0.5, 0.6) is 11.5 Å². The Labute approximate surface area is 109 Å². The van der Waals surface area contributed by atoms with Gasteiger partial charge in [0.2, 0.25) is 0 Å². The van der Waals surface area contributed by atoms with E-state index in [1.807, 2.05) is 0 Å². The summed E-state index contributed by atoms with van der Waals surface area (Å²) in [6.45, 7) is 1.52.